The Balaban J connectivity index is 1.98. The van der Waals surface area contributed by atoms with Crippen LogP contribution in [0.25, 0.3) is 0 Å². The maximum atomic E-state index is 6.23. The molecule has 0 spiro atoms. The van der Waals surface area contributed by atoms with E-state index in [-0.39, 0.29) is 6.04 Å². The summed E-state index contributed by atoms with van der Waals surface area (Å²) in [7, 11) is 0. The fraction of sp³-hybridized carbons (Fsp3) is 0.333. The van der Waals surface area contributed by atoms with Crippen LogP contribution in [-0.2, 0) is 13.0 Å². The minimum atomic E-state index is 0.189. The average molecular weight is 296 g/mol. The Kier molecular flexibility index (Phi) is 5.25. The molecule has 0 fully saturated rings. The van der Waals surface area contributed by atoms with Gasteiger partial charge in [0.05, 0.1) is 5.02 Å². The van der Waals surface area contributed by atoms with E-state index in [1.165, 1.54) is 0 Å². The number of rotatable bonds is 6. The van der Waals surface area contributed by atoms with Crippen LogP contribution in [0.3, 0.4) is 0 Å². The van der Waals surface area contributed by atoms with Gasteiger partial charge in [-0.15, -0.1) is 0 Å². The molecule has 4 heteroatoms. The fourth-order valence-electron chi connectivity index (χ4n) is 1.77. The van der Waals surface area contributed by atoms with Crippen molar-refractivity contribution in [1.29, 1.82) is 0 Å². The Hall–Kier alpha value is -1.03. The third-order valence-electron chi connectivity index (χ3n) is 2.99. The minimum absolute atomic E-state index is 0.189. The first-order valence-corrected chi connectivity index (χ1v) is 7.69. The van der Waals surface area contributed by atoms with Crippen LogP contribution in [0, 0.1) is 0 Å². The van der Waals surface area contributed by atoms with Gasteiger partial charge in [-0.1, -0.05) is 24.6 Å². The molecule has 1 heterocycles. The number of nitrogens with two attached hydrogens (primary N) is 1. The number of halogens is 1. The highest BCUT2D eigenvalue weighted by Gasteiger charge is 2.06. The van der Waals surface area contributed by atoms with E-state index in [4.69, 9.17) is 22.1 Å². The highest BCUT2D eigenvalue weighted by atomic mass is 35.5. The van der Waals surface area contributed by atoms with Crippen molar-refractivity contribution in [2.24, 2.45) is 5.73 Å². The summed E-state index contributed by atoms with van der Waals surface area (Å²) in [5, 5.41) is 4.76. The lowest BCUT2D eigenvalue weighted by Crippen LogP contribution is -2.21. The van der Waals surface area contributed by atoms with E-state index >= 15 is 0 Å². The van der Waals surface area contributed by atoms with Crippen molar-refractivity contribution < 1.29 is 4.74 Å². The zero-order valence-corrected chi connectivity index (χ0v) is 12.5. The van der Waals surface area contributed by atoms with Crippen molar-refractivity contribution in [3.05, 3.63) is 51.2 Å². The molecule has 1 aromatic heterocycles. The second-order valence-electron chi connectivity index (χ2n) is 4.56. The first-order chi connectivity index (χ1) is 9.19. The van der Waals surface area contributed by atoms with Crippen LogP contribution in [0.4, 0.5) is 0 Å². The molecule has 19 heavy (non-hydrogen) atoms. The molecule has 1 atom stereocenters. The summed E-state index contributed by atoms with van der Waals surface area (Å²) >= 11 is 7.90. The third kappa shape index (κ3) is 4.23. The molecule has 0 aliphatic heterocycles. The van der Waals surface area contributed by atoms with Gasteiger partial charge in [0.15, 0.2) is 0 Å². The molecular formula is C15H18ClNOS. The SMILES string of the molecule is CCC(N)Cc1ccc(OCc2ccsc2)c(Cl)c1. The van der Waals surface area contributed by atoms with Gasteiger partial charge < -0.3 is 10.5 Å². The molecule has 0 amide bonds. The van der Waals surface area contributed by atoms with Gasteiger partial charge in [-0.2, -0.15) is 11.3 Å². The van der Waals surface area contributed by atoms with Gasteiger partial charge in [0.25, 0.3) is 0 Å². The molecule has 0 bridgehead atoms. The minimum Gasteiger partial charge on any atom is -0.487 e. The van der Waals surface area contributed by atoms with Gasteiger partial charge in [0.1, 0.15) is 12.4 Å². The van der Waals surface area contributed by atoms with Crippen molar-refractivity contribution in [2.75, 3.05) is 0 Å². The van der Waals surface area contributed by atoms with E-state index in [1.807, 2.05) is 29.6 Å². The molecule has 0 aliphatic rings. The Bertz CT molecular complexity index is 513. The topological polar surface area (TPSA) is 35.2 Å². The van der Waals surface area contributed by atoms with E-state index in [1.54, 1.807) is 11.3 Å². The van der Waals surface area contributed by atoms with E-state index in [0.717, 1.165) is 29.7 Å². The van der Waals surface area contributed by atoms with Crippen LogP contribution in [-0.4, -0.2) is 6.04 Å². The number of ether oxygens (including phenoxy) is 1. The van der Waals surface area contributed by atoms with Crippen LogP contribution >= 0.6 is 22.9 Å². The Labute approximate surface area is 123 Å². The predicted octanol–water partition coefficient (Wildman–Crippen LogP) is 4.26. The molecule has 1 unspecified atom stereocenters. The second kappa shape index (κ2) is 6.94. The van der Waals surface area contributed by atoms with Crippen LogP contribution in [0.15, 0.2) is 35.0 Å². The van der Waals surface area contributed by atoms with Crippen LogP contribution in [0.1, 0.15) is 24.5 Å². The molecule has 2 N–H and O–H groups in total. The standard InChI is InChI=1S/C15H18ClNOS/c1-2-13(17)7-11-3-4-15(14(16)8-11)18-9-12-5-6-19-10-12/h3-6,8,10,13H,2,7,9,17H2,1H3. The molecule has 0 saturated carbocycles. The number of thiophene rings is 1. The molecule has 2 aromatic rings. The monoisotopic (exact) mass is 295 g/mol. The Morgan fingerprint density at radius 3 is 2.79 bits per heavy atom. The van der Waals surface area contributed by atoms with E-state index in [9.17, 15) is 0 Å². The molecule has 102 valence electrons. The summed E-state index contributed by atoms with van der Waals surface area (Å²) in [6.07, 6.45) is 1.81. The molecule has 0 saturated heterocycles. The summed E-state index contributed by atoms with van der Waals surface area (Å²) in [5.74, 6) is 0.724. The van der Waals surface area contributed by atoms with Gasteiger partial charge in [-0.3, -0.25) is 0 Å². The lowest BCUT2D eigenvalue weighted by Gasteiger charge is -2.11. The second-order valence-corrected chi connectivity index (χ2v) is 5.74. The molecule has 1 aromatic carbocycles. The average Bonchev–Trinajstić information content (AvgIpc) is 2.91. The molecular weight excluding hydrogens is 278 g/mol. The van der Waals surface area contributed by atoms with E-state index < -0.39 is 0 Å². The van der Waals surface area contributed by atoms with Gasteiger partial charge >= 0.3 is 0 Å². The lowest BCUT2D eigenvalue weighted by atomic mass is 10.0. The molecule has 0 radical (unpaired) electrons. The first kappa shape index (κ1) is 14.4. The zero-order chi connectivity index (χ0) is 13.7. The lowest BCUT2D eigenvalue weighted by molar-refractivity contribution is 0.307. The zero-order valence-electron chi connectivity index (χ0n) is 10.9. The quantitative estimate of drug-likeness (QED) is 0.864. The molecule has 2 rings (SSSR count). The highest BCUT2D eigenvalue weighted by Crippen LogP contribution is 2.27. The fourth-order valence-corrected chi connectivity index (χ4v) is 2.68. The summed E-state index contributed by atoms with van der Waals surface area (Å²) in [4.78, 5) is 0. The van der Waals surface area contributed by atoms with Crippen molar-refractivity contribution in [3.63, 3.8) is 0 Å². The van der Waals surface area contributed by atoms with Gasteiger partial charge in [-0.05, 0) is 52.9 Å². The van der Waals surface area contributed by atoms with Crippen LogP contribution in [0.5, 0.6) is 5.75 Å². The smallest absolute Gasteiger partial charge is 0.138 e. The van der Waals surface area contributed by atoms with Gasteiger partial charge in [0, 0.05) is 6.04 Å². The normalized spacial score (nSPS) is 12.4. The Morgan fingerprint density at radius 1 is 1.32 bits per heavy atom. The summed E-state index contributed by atoms with van der Waals surface area (Å²) in [6.45, 7) is 2.64. The van der Waals surface area contributed by atoms with Gasteiger partial charge in [0.2, 0.25) is 0 Å². The van der Waals surface area contributed by atoms with Crippen molar-refractivity contribution in [2.45, 2.75) is 32.4 Å². The summed E-state index contributed by atoms with van der Waals surface area (Å²) in [6, 6.07) is 8.14. The number of hydrogen-bond acceptors (Lipinski definition) is 3. The summed E-state index contributed by atoms with van der Waals surface area (Å²) in [5.41, 5.74) is 8.26. The molecule has 0 aliphatic carbocycles. The third-order valence-corrected chi connectivity index (χ3v) is 4.02. The maximum Gasteiger partial charge on any atom is 0.138 e. The van der Waals surface area contributed by atoms with E-state index in [2.05, 4.69) is 12.3 Å². The number of benzene rings is 1. The first-order valence-electron chi connectivity index (χ1n) is 6.37. The van der Waals surface area contributed by atoms with Crippen LogP contribution in [0.2, 0.25) is 5.02 Å². The Morgan fingerprint density at radius 2 is 2.16 bits per heavy atom. The van der Waals surface area contributed by atoms with Crippen molar-refractivity contribution in [3.8, 4) is 5.75 Å². The van der Waals surface area contributed by atoms with Crippen LogP contribution < -0.4 is 10.5 Å². The van der Waals surface area contributed by atoms with Crippen molar-refractivity contribution >= 4 is 22.9 Å². The maximum absolute atomic E-state index is 6.23. The molecule has 2 nitrogen and oxygen atoms in total. The van der Waals surface area contributed by atoms with E-state index in [0.29, 0.717) is 11.6 Å². The van der Waals surface area contributed by atoms with Crippen molar-refractivity contribution in [1.82, 2.24) is 0 Å². The predicted molar refractivity (Wildman–Crippen MR) is 82.1 cm³/mol. The number of hydrogen-bond donors (Lipinski definition) is 1. The highest BCUT2D eigenvalue weighted by molar-refractivity contribution is 7.07. The summed E-state index contributed by atoms with van der Waals surface area (Å²) < 4.78 is 5.71. The largest absolute Gasteiger partial charge is 0.487 e. The van der Waals surface area contributed by atoms with Gasteiger partial charge in [-0.25, -0.2) is 0 Å².